The summed E-state index contributed by atoms with van der Waals surface area (Å²) in [6.45, 7) is 9.85. The molecule has 2 heterocycles. The molecule has 1 aromatic carbocycles. The van der Waals surface area contributed by atoms with Gasteiger partial charge in [0.2, 0.25) is 0 Å². The van der Waals surface area contributed by atoms with Crippen LogP contribution in [0, 0.1) is 19.8 Å². The topological polar surface area (TPSA) is 63.9 Å². The van der Waals surface area contributed by atoms with Crippen LogP contribution in [0.15, 0.2) is 23.2 Å². The molecular weight excluding hydrogens is 366 g/mol. The lowest BCUT2D eigenvalue weighted by atomic mass is 9.99. The van der Waals surface area contributed by atoms with Gasteiger partial charge in [0.1, 0.15) is 0 Å². The largest absolute Gasteiger partial charge is 0.493 e. The van der Waals surface area contributed by atoms with E-state index < -0.39 is 0 Å². The second-order valence-corrected chi connectivity index (χ2v) is 7.79. The summed E-state index contributed by atoms with van der Waals surface area (Å²) in [5.74, 6) is 2.94. The molecule has 0 amide bonds. The third-order valence-electron chi connectivity index (χ3n) is 5.43. The van der Waals surface area contributed by atoms with Crippen LogP contribution in [0.25, 0.3) is 0 Å². The standard InChI is InChI=1S/C22H33N5O2/c1-15(13-27-17(3)9-16(2)25-27)12-24-22(23-4)26-8-7-18-10-20(28-5)21(29-6)11-19(18)14-26/h9-11,15H,7-8,12-14H2,1-6H3,(H,23,24). The van der Waals surface area contributed by atoms with E-state index in [4.69, 9.17) is 9.47 Å². The molecule has 1 aliphatic rings. The highest BCUT2D eigenvalue weighted by molar-refractivity contribution is 5.80. The molecule has 7 heteroatoms. The van der Waals surface area contributed by atoms with Crippen molar-refractivity contribution in [2.24, 2.45) is 10.9 Å². The lowest BCUT2D eigenvalue weighted by Gasteiger charge is -2.32. The monoisotopic (exact) mass is 399 g/mol. The molecule has 2 aromatic rings. The first-order valence-corrected chi connectivity index (χ1v) is 10.2. The normalized spacial score (nSPS) is 15.1. The Balaban J connectivity index is 1.62. The molecule has 1 N–H and O–H groups in total. The van der Waals surface area contributed by atoms with Gasteiger partial charge in [0.15, 0.2) is 17.5 Å². The summed E-state index contributed by atoms with van der Waals surface area (Å²) in [4.78, 5) is 6.81. The van der Waals surface area contributed by atoms with Gasteiger partial charge in [-0.1, -0.05) is 6.92 Å². The fourth-order valence-electron chi connectivity index (χ4n) is 3.88. The minimum atomic E-state index is 0.436. The number of hydrogen-bond donors (Lipinski definition) is 1. The van der Waals surface area contributed by atoms with Gasteiger partial charge < -0.3 is 19.7 Å². The molecule has 0 saturated heterocycles. The highest BCUT2D eigenvalue weighted by Crippen LogP contribution is 2.33. The van der Waals surface area contributed by atoms with Crippen molar-refractivity contribution in [3.63, 3.8) is 0 Å². The lowest BCUT2D eigenvalue weighted by molar-refractivity contribution is 0.344. The first-order valence-electron chi connectivity index (χ1n) is 10.2. The van der Waals surface area contributed by atoms with Crippen LogP contribution in [0.3, 0.4) is 0 Å². The summed E-state index contributed by atoms with van der Waals surface area (Å²) < 4.78 is 13.0. The minimum Gasteiger partial charge on any atom is -0.493 e. The van der Waals surface area contributed by atoms with E-state index >= 15 is 0 Å². The molecule has 0 spiro atoms. The van der Waals surface area contributed by atoms with Crippen LogP contribution >= 0.6 is 0 Å². The summed E-state index contributed by atoms with van der Waals surface area (Å²) in [6, 6.07) is 6.30. The Morgan fingerprint density at radius 2 is 1.86 bits per heavy atom. The number of rotatable bonds is 6. The van der Waals surface area contributed by atoms with Crippen molar-refractivity contribution in [2.45, 2.75) is 40.3 Å². The molecule has 0 fully saturated rings. The van der Waals surface area contributed by atoms with Crippen LogP contribution in [0.1, 0.15) is 29.4 Å². The van der Waals surface area contributed by atoms with Crippen molar-refractivity contribution in [2.75, 3.05) is 34.4 Å². The Morgan fingerprint density at radius 3 is 2.45 bits per heavy atom. The number of guanidine groups is 1. The van der Waals surface area contributed by atoms with E-state index in [0.717, 1.165) is 55.8 Å². The third kappa shape index (κ3) is 4.83. The number of benzene rings is 1. The van der Waals surface area contributed by atoms with Crippen LogP contribution in [-0.2, 0) is 19.5 Å². The van der Waals surface area contributed by atoms with E-state index in [9.17, 15) is 0 Å². The number of hydrogen-bond acceptors (Lipinski definition) is 4. The van der Waals surface area contributed by atoms with Gasteiger partial charge in [0.25, 0.3) is 0 Å². The van der Waals surface area contributed by atoms with Crippen LogP contribution in [0.5, 0.6) is 11.5 Å². The number of aromatic nitrogens is 2. The van der Waals surface area contributed by atoms with Crippen molar-refractivity contribution in [1.29, 1.82) is 0 Å². The number of fused-ring (bicyclic) bond motifs is 1. The van der Waals surface area contributed by atoms with Crippen LogP contribution < -0.4 is 14.8 Å². The summed E-state index contributed by atoms with van der Waals surface area (Å²) in [7, 11) is 5.20. The van der Waals surface area contributed by atoms with Gasteiger partial charge in [-0.25, -0.2) is 0 Å². The van der Waals surface area contributed by atoms with E-state index in [0.29, 0.717) is 5.92 Å². The maximum absolute atomic E-state index is 5.47. The molecule has 1 unspecified atom stereocenters. The Labute approximate surface area is 173 Å². The molecule has 0 saturated carbocycles. The van der Waals surface area contributed by atoms with E-state index in [1.54, 1.807) is 14.2 Å². The van der Waals surface area contributed by atoms with Crippen LogP contribution in [0.2, 0.25) is 0 Å². The van der Waals surface area contributed by atoms with E-state index in [1.165, 1.54) is 16.8 Å². The Morgan fingerprint density at radius 1 is 1.17 bits per heavy atom. The fourth-order valence-corrected chi connectivity index (χ4v) is 3.88. The number of ether oxygens (including phenoxy) is 2. The third-order valence-corrected chi connectivity index (χ3v) is 5.43. The highest BCUT2D eigenvalue weighted by atomic mass is 16.5. The quantitative estimate of drug-likeness (QED) is 0.598. The number of aryl methyl sites for hydroxylation is 2. The van der Waals surface area contributed by atoms with Crippen molar-refractivity contribution in [3.8, 4) is 11.5 Å². The molecule has 1 atom stereocenters. The fraction of sp³-hybridized carbons (Fsp3) is 0.545. The number of nitrogens with one attached hydrogen (secondary N) is 1. The van der Waals surface area contributed by atoms with E-state index in [-0.39, 0.29) is 0 Å². The number of methoxy groups -OCH3 is 2. The zero-order chi connectivity index (χ0) is 21.0. The summed E-state index contributed by atoms with van der Waals surface area (Å²) in [5.41, 5.74) is 4.84. The van der Waals surface area contributed by atoms with E-state index in [2.05, 4.69) is 57.0 Å². The van der Waals surface area contributed by atoms with Gasteiger partial charge in [-0.15, -0.1) is 0 Å². The first kappa shape index (κ1) is 21.0. The molecule has 158 valence electrons. The molecule has 3 rings (SSSR count). The van der Waals surface area contributed by atoms with Crippen molar-refractivity contribution < 1.29 is 9.47 Å². The first-order chi connectivity index (χ1) is 13.9. The molecule has 0 aliphatic carbocycles. The number of aliphatic imine (C=N–C) groups is 1. The molecule has 0 bridgehead atoms. The summed E-state index contributed by atoms with van der Waals surface area (Å²) in [6.07, 6.45) is 0.956. The van der Waals surface area contributed by atoms with Gasteiger partial charge >= 0.3 is 0 Å². The minimum absolute atomic E-state index is 0.436. The smallest absolute Gasteiger partial charge is 0.193 e. The van der Waals surface area contributed by atoms with Crippen LogP contribution in [0.4, 0.5) is 0 Å². The molecule has 1 aromatic heterocycles. The summed E-state index contributed by atoms with van der Waals surface area (Å²) in [5, 5.41) is 8.12. The Bertz CT molecular complexity index is 874. The van der Waals surface area contributed by atoms with Crippen molar-refractivity contribution >= 4 is 5.96 Å². The average Bonchev–Trinajstić information content (AvgIpc) is 3.03. The second-order valence-electron chi connectivity index (χ2n) is 7.79. The predicted molar refractivity (Wildman–Crippen MR) is 116 cm³/mol. The summed E-state index contributed by atoms with van der Waals surface area (Å²) >= 11 is 0. The SMILES string of the molecule is CN=C(NCC(C)Cn1nc(C)cc1C)N1CCc2cc(OC)c(OC)cc2C1. The van der Waals surface area contributed by atoms with Gasteiger partial charge in [0.05, 0.1) is 19.9 Å². The Kier molecular flexibility index (Phi) is 6.67. The van der Waals surface area contributed by atoms with Gasteiger partial charge in [-0.3, -0.25) is 9.67 Å². The predicted octanol–water partition coefficient (Wildman–Crippen LogP) is 2.79. The highest BCUT2D eigenvalue weighted by Gasteiger charge is 2.22. The Hall–Kier alpha value is -2.70. The maximum atomic E-state index is 5.47. The molecule has 1 aliphatic heterocycles. The molecule has 7 nitrogen and oxygen atoms in total. The maximum Gasteiger partial charge on any atom is 0.193 e. The second kappa shape index (κ2) is 9.20. The van der Waals surface area contributed by atoms with Crippen LogP contribution in [-0.4, -0.2) is 55.0 Å². The zero-order valence-electron chi connectivity index (χ0n) is 18.5. The van der Waals surface area contributed by atoms with Crippen molar-refractivity contribution in [1.82, 2.24) is 20.0 Å². The molecule has 29 heavy (non-hydrogen) atoms. The van der Waals surface area contributed by atoms with Gasteiger partial charge in [-0.2, -0.15) is 5.10 Å². The molecular formula is C22H33N5O2. The van der Waals surface area contributed by atoms with E-state index in [1.807, 2.05) is 14.0 Å². The van der Waals surface area contributed by atoms with Gasteiger partial charge in [-0.05, 0) is 55.5 Å². The van der Waals surface area contributed by atoms with Crippen molar-refractivity contribution in [3.05, 3.63) is 40.7 Å². The number of nitrogens with zero attached hydrogens (tertiary/aromatic N) is 4. The molecule has 0 radical (unpaired) electrons. The van der Waals surface area contributed by atoms with Gasteiger partial charge in [0, 0.05) is 38.9 Å². The lowest BCUT2D eigenvalue weighted by Crippen LogP contribution is -2.45. The average molecular weight is 400 g/mol. The zero-order valence-corrected chi connectivity index (χ0v) is 18.5.